The van der Waals surface area contributed by atoms with Gasteiger partial charge in [0.1, 0.15) is 5.60 Å². The minimum absolute atomic E-state index is 0.0488. The summed E-state index contributed by atoms with van der Waals surface area (Å²) < 4.78 is 12.0. The van der Waals surface area contributed by atoms with E-state index in [0.29, 0.717) is 33.6 Å². The van der Waals surface area contributed by atoms with Crippen LogP contribution in [0.3, 0.4) is 0 Å². The Hall–Kier alpha value is -3.32. The third-order valence-electron chi connectivity index (χ3n) is 5.28. The maximum absolute atomic E-state index is 13.6. The van der Waals surface area contributed by atoms with Gasteiger partial charge >= 0.3 is 12.1 Å². The van der Waals surface area contributed by atoms with Crippen LogP contribution in [0.5, 0.6) is 0 Å². The van der Waals surface area contributed by atoms with E-state index in [-0.39, 0.29) is 18.0 Å². The predicted octanol–water partition coefficient (Wildman–Crippen LogP) is 5.79. The number of hydrogen-bond acceptors (Lipinski definition) is 5. The van der Waals surface area contributed by atoms with Gasteiger partial charge in [0.05, 0.1) is 19.2 Å². The molecule has 0 aliphatic heterocycles. The van der Waals surface area contributed by atoms with Crippen LogP contribution in [0.1, 0.15) is 50.7 Å². The zero-order valence-corrected chi connectivity index (χ0v) is 21.7. The first-order valence-corrected chi connectivity index (χ1v) is 11.8. The van der Waals surface area contributed by atoms with Crippen molar-refractivity contribution in [2.24, 2.45) is 5.92 Å². The van der Waals surface area contributed by atoms with Crippen LogP contribution in [0.25, 0.3) is 21.9 Å². The van der Waals surface area contributed by atoms with Crippen LogP contribution in [0, 0.1) is 5.92 Å². The Kier molecular flexibility index (Phi) is 7.90. The van der Waals surface area contributed by atoms with E-state index in [2.05, 4.69) is 5.32 Å². The molecule has 0 saturated heterocycles. The third kappa shape index (κ3) is 6.22. The van der Waals surface area contributed by atoms with E-state index >= 15 is 0 Å². The molecule has 3 aromatic rings. The number of hydrogen-bond donors (Lipinski definition) is 1. The molecule has 0 aliphatic carbocycles. The number of aromatic nitrogens is 1. The first kappa shape index (κ1) is 26.3. The number of rotatable bonds is 6. The highest BCUT2D eigenvalue weighted by atomic mass is 35.5. The van der Waals surface area contributed by atoms with Crippen molar-refractivity contribution in [1.29, 1.82) is 0 Å². The fourth-order valence-corrected chi connectivity index (χ4v) is 4.02. The summed E-state index contributed by atoms with van der Waals surface area (Å²) in [5.41, 5.74) is 1.57. The smallest absolute Gasteiger partial charge is 0.407 e. The molecule has 0 atom stereocenters. The average molecular weight is 499 g/mol. The van der Waals surface area contributed by atoms with Crippen molar-refractivity contribution >= 4 is 34.4 Å². The Balaban J connectivity index is 2.33. The van der Waals surface area contributed by atoms with Gasteiger partial charge in [0.15, 0.2) is 0 Å². The highest BCUT2D eigenvalue weighted by Crippen LogP contribution is 2.33. The highest BCUT2D eigenvalue weighted by molar-refractivity contribution is 6.30. The molecule has 0 radical (unpaired) electrons. The number of esters is 1. The van der Waals surface area contributed by atoms with E-state index in [1.54, 1.807) is 55.7 Å². The number of nitrogens with zero attached hydrogens (tertiary/aromatic N) is 1. The van der Waals surface area contributed by atoms with Crippen molar-refractivity contribution in [3.05, 3.63) is 69.1 Å². The first-order valence-electron chi connectivity index (χ1n) is 11.4. The lowest BCUT2D eigenvalue weighted by atomic mass is 9.95. The van der Waals surface area contributed by atoms with Crippen molar-refractivity contribution in [1.82, 2.24) is 9.88 Å². The summed E-state index contributed by atoms with van der Waals surface area (Å²) in [4.78, 5) is 38.4. The average Bonchev–Trinajstić information content (AvgIpc) is 2.78. The van der Waals surface area contributed by atoms with Crippen molar-refractivity contribution < 1.29 is 19.1 Å². The van der Waals surface area contributed by atoms with E-state index in [0.717, 1.165) is 11.1 Å². The lowest BCUT2D eigenvalue weighted by Gasteiger charge is -2.23. The number of carbonyl (C=O) groups is 2. The molecule has 0 bridgehead atoms. The van der Waals surface area contributed by atoms with Crippen LogP contribution in [-0.2, 0) is 22.6 Å². The van der Waals surface area contributed by atoms with Crippen molar-refractivity contribution in [2.45, 2.75) is 53.3 Å². The van der Waals surface area contributed by atoms with E-state index in [9.17, 15) is 14.4 Å². The molecule has 0 unspecified atom stereocenters. The molecular weight excluding hydrogens is 468 g/mol. The molecule has 186 valence electrons. The van der Waals surface area contributed by atoms with Crippen molar-refractivity contribution in [3.63, 3.8) is 0 Å². The molecule has 1 aromatic heterocycles. The van der Waals surface area contributed by atoms with Gasteiger partial charge in [-0.2, -0.15) is 0 Å². The number of ether oxygens (including phenoxy) is 2. The topological polar surface area (TPSA) is 86.6 Å². The van der Waals surface area contributed by atoms with Crippen LogP contribution in [0.2, 0.25) is 5.02 Å². The van der Waals surface area contributed by atoms with Gasteiger partial charge < -0.3 is 19.4 Å². The summed E-state index contributed by atoms with van der Waals surface area (Å²) in [7, 11) is 1.31. The molecule has 0 spiro atoms. The van der Waals surface area contributed by atoms with Crippen LogP contribution >= 0.6 is 11.6 Å². The number of carbonyl (C=O) groups excluding carboxylic acids is 2. The second-order valence-corrected chi connectivity index (χ2v) is 10.2. The molecule has 3 rings (SSSR count). The van der Waals surface area contributed by atoms with Crippen LogP contribution in [0.4, 0.5) is 4.79 Å². The van der Waals surface area contributed by atoms with E-state index in [4.69, 9.17) is 21.1 Å². The summed E-state index contributed by atoms with van der Waals surface area (Å²) >= 11 is 6.14. The molecule has 0 fully saturated rings. The van der Waals surface area contributed by atoms with E-state index in [1.165, 1.54) is 7.11 Å². The first-order chi connectivity index (χ1) is 16.4. The monoisotopic (exact) mass is 498 g/mol. The summed E-state index contributed by atoms with van der Waals surface area (Å²) in [6, 6.07) is 12.1. The van der Waals surface area contributed by atoms with Crippen LogP contribution < -0.4 is 10.9 Å². The number of methoxy groups -OCH3 is 1. The van der Waals surface area contributed by atoms with Gasteiger partial charge in [-0.1, -0.05) is 37.6 Å². The number of halogens is 1. The van der Waals surface area contributed by atoms with E-state index < -0.39 is 17.7 Å². The normalized spacial score (nSPS) is 11.5. The quantitative estimate of drug-likeness (QED) is 0.435. The Labute approximate surface area is 210 Å². The van der Waals surface area contributed by atoms with Gasteiger partial charge in [-0.15, -0.1) is 0 Å². The summed E-state index contributed by atoms with van der Waals surface area (Å²) in [6.07, 6.45) is -0.591. The Morgan fingerprint density at radius 3 is 2.29 bits per heavy atom. The van der Waals surface area contributed by atoms with Gasteiger partial charge in [-0.3, -0.25) is 4.79 Å². The Morgan fingerprint density at radius 1 is 1.06 bits per heavy atom. The van der Waals surface area contributed by atoms with Crippen molar-refractivity contribution in [3.8, 4) is 11.1 Å². The van der Waals surface area contributed by atoms with Crippen molar-refractivity contribution in [2.75, 3.05) is 7.11 Å². The predicted molar refractivity (Wildman–Crippen MR) is 138 cm³/mol. The molecular formula is C27H31ClN2O5. The third-order valence-corrected chi connectivity index (χ3v) is 5.53. The fourth-order valence-electron chi connectivity index (χ4n) is 3.89. The molecule has 1 N–H and O–H groups in total. The van der Waals surface area contributed by atoms with Gasteiger partial charge in [0.25, 0.3) is 5.56 Å². The highest BCUT2D eigenvalue weighted by Gasteiger charge is 2.22. The van der Waals surface area contributed by atoms with Gasteiger partial charge in [-0.25, -0.2) is 9.59 Å². The molecule has 1 amide bonds. The maximum Gasteiger partial charge on any atom is 0.407 e. The Morgan fingerprint density at radius 2 is 1.71 bits per heavy atom. The van der Waals surface area contributed by atoms with Gasteiger partial charge in [0, 0.05) is 28.2 Å². The second-order valence-electron chi connectivity index (χ2n) is 9.75. The summed E-state index contributed by atoms with van der Waals surface area (Å²) in [5.74, 6) is -0.341. The van der Waals surface area contributed by atoms with E-state index in [1.807, 2.05) is 26.0 Å². The molecule has 0 aliphatic rings. The number of nitrogens with one attached hydrogen (secondary N) is 1. The summed E-state index contributed by atoms with van der Waals surface area (Å²) in [5, 5.41) is 4.41. The molecule has 35 heavy (non-hydrogen) atoms. The maximum atomic E-state index is 13.6. The number of amides is 1. The standard InChI is InChI=1S/C27H31ClN2O5/c1-16(2)15-30-22(14-29-26(33)35-27(3,4)5)23(17-7-10-19(28)11-8-17)21-13-18(25(32)34-6)9-12-20(21)24(30)31/h7-13,16H,14-15H2,1-6H3,(H,29,33). The van der Waals surface area contributed by atoms with Crippen LogP contribution in [-0.4, -0.2) is 29.3 Å². The number of pyridine rings is 1. The zero-order valence-electron chi connectivity index (χ0n) is 20.9. The lowest BCUT2D eigenvalue weighted by Crippen LogP contribution is -2.35. The number of benzene rings is 2. The SMILES string of the molecule is COC(=O)c1ccc2c(=O)n(CC(C)C)c(CNC(=O)OC(C)(C)C)c(-c3ccc(Cl)cc3)c2c1. The zero-order chi connectivity index (χ0) is 25.9. The lowest BCUT2D eigenvalue weighted by molar-refractivity contribution is 0.0521. The largest absolute Gasteiger partial charge is 0.465 e. The Bertz CT molecular complexity index is 1300. The molecule has 2 aromatic carbocycles. The molecule has 7 nitrogen and oxygen atoms in total. The summed E-state index contributed by atoms with van der Waals surface area (Å²) in [6.45, 7) is 9.88. The minimum atomic E-state index is -0.667. The molecule has 0 saturated carbocycles. The molecule has 1 heterocycles. The second kappa shape index (κ2) is 10.5. The minimum Gasteiger partial charge on any atom is -0.465 e. The van der Waals surface area contributed by atoms with Gasteiger partial charge in [-0.05, 0) is 68.0 Å². The number of alkyl carbamates (subject to hydrolysis) is 1. The van der Waals surface area contributed by atoms with Crippen LogP contribution in [0.15, 0.2) is 47.3 Å². The molecule has 8 heteroatoms. The number of fused-ring (bicyclic) bond motifs is 1. The fraction of sp³-hybridized carbons (Fsp3) is 0.370. The van der Waals surface area contributed by atoms with Gasteiger partial charge in [0.2, 0.25) is 0 Å².